The van der Waals surface area contributed by atoms with Gasteiger partial charge in [-0.3, -0.25) is 0 Å². The van der Waals surface area contributed by atoms with Crippen molar-refractivity contribution in [3.05, 3.63) is 58.7 Å². The van der Waals surface area contributed by atoms with Gasteiger partial charge in [-0.2, -0.15) is 0 Å². The smallest absolute Gasteiger partial charge is 0.0622 e. The SMILES string of the molecule is c1cc2c3c4c1Cc1ccc5c(c14)c1c(ccc(c31)C2)[Si]5. The molecule has 0 saturated carbocycles. The van der Waals surface area contributed by atoms with E-state index in [1.807, 2.05) is 0 Å². The zero-order chi connectivity index (χ0) is 13.3. The average molecular weight is 278 g/mol. The van der Waals surface area contributed by atoms with Gasteiger partial charge in [-0.25, -0.2) is 0 Å². The first-order valence-corrected chi connectivity index (χ1v) is 8.65. The second-order valence-corrected chi connectivity index (χ2v) is 7.98. The van der Waals surface area contributed by atoms with Gasteiger partial charge in [0.25, 0.3) is 0 Å². The van der Waals surface area contributed by atoms with Gasteiger partial charge in [0.15, 0.2) is 0 Å². The molecule has 0 fully saturated rings. The van der Waals surface area contributed by atoms with E-state index < -0.39 is 0 Å². The lowest BCUT2D eigenvalue weighted by Gasteiger charge is -2.08. The summed E-state index contributed by atoms with van der Waals surface area (Å²) in [5.74, 6) is 0. The molecule has 0 aromatic heterocycles. The summed E-state index contributed by atoms with van der Waals surface area (Å²) in [7, 11) is 0.850. The molecule has 0 nitrogen and oxygen atoms in total. The predicted octanol–water partition coefficient (Wildman–Crippen LogP) is 2.92. The fourth-order valence-electron chi connectivity index (χ4n) is 5.00. The van der Waals surface area contributed by atoms with Crippen LogP contribution in [-0.4, -0.2) is 9.52 Å². The van der Waals surface area contributed by atoms with Crippen molar-refractivity contribution in [3.8, 4) is 0 Å². The number of hydrogen-bond acceptors (Lipinski definition) is 0. The summed E-state index contributed by atoms with van der Waals surface area (Å²) in [4.78, 5) is 0. The molecule has 1 heteroatoms. The maximum Gasteiger partial charge on any atom is 0.123 e. The molecule has 4 aromatic carbocycles. The molecule has 0 bridgehead atoms. The third-order valence-electron chi connectivity index (χ3n) is 5.74. The highest BCUT2D eigenvalue weighted by atomic mass is 28.2. The summed E-state index contributed by atoms with van der Waals surface area (Å²) in [6.07, 6.45) is 2.26. The Balaban J connectivity index is 2.04. The normalized spacial score (nSPS) is 16.0. The van der Waals surface area contributed by atoms with Crippen molar-refractivity contribution < 1.29 is 0 Å². The van der Waals surface area contributed by atoms with Crippen LogP contribution in [0.1, 0.15) is 22.3 Å². The molecule has 0 amide bonds. The Morgan fingerprint density at radius 2 is 0.857 bits per heavy atom. The van der Waals surface area contributed by atoms with Gasteiger partial charge >= 0.3 is 0 Å². The van der Waals surface area contributed by atoms with Crippen LogP contribution in [0.25, 0.3) is 32.3 Å². The molecule has 2 aliphatic carbocycles. The zero-order valence-electron chi connectivity index (χ0n) is 11.4. The third-order valence-corrected chi connectivity index (χ3v) is 7.11. The van der Waals surface area contributed by atoms with Gasteiger partial charge in [-0.05, 0) is 77.8 Å². The Morgan fingerprint density at radius 1 is 0.476 bits per heavy atom. The first kappa shape index (κ1) is 9.75. The Bertz CT molecular complexity index is 926. The van der Waals surface area contributed by atoms with Gasteiger partial charge in [0.05, 0.1) is 0 Å². The molecular weight excluding hydrogens is 268 g/mol. The molecule has 3 aliphatic rings. The van der Waals surface area contributed by atoms with E-state index in [-0.39, 0.29) is 0 Å². The lowest BCUT2D eigenvalue weighted by molar-refractivity contribution is 1.24. The van der Waals surface area contributed by atoms with Crippen molar-refractivity contribution in [3.63, 3.8) is 0 Å². The quantitative estimate of drug-likeness (QED) is 0.295. The summed E-state index contributed by atoms with van der Waals surface area (Å²) in [6.45, 7) is 0. The Labute approximate surface area is 124 Å². The second-order valence-electron chi connectivity index (χ2n) is 6.66. The Morgan fingerprint density at radius 3 is 1.33 bits per heavy atom. The summed E-state index contributed by atoms with van der Waals surface area (Å²) in [5.41, 5.74) is 6.21. The topological polar surface area (TPSA) is 0 Å². The highest BCUT2D eigenvalue weighted by Crippen LogP contribution is 2.48. The molecule has 21 heavy (non-hydrogen) atoms. The Kier molecular flexibility index (Phi) is 1.29. The molecule has 2 radical (unpaired) electrons. The highest BCUT2D eigenvalue weighted by molar-refractivity contribution is 6.78. The van der Waals surface area contributed by atoms with Crippen LogP contribution in [0.3, 0.4) is 0 Å². The van der Waals surface area contributed by atoms with E-state index in [2.05, 4.69) is 36.4 Å². The van der Waals surface area contributed by atoms with E-state index in [0.717, 1.165) is 22.4 Å². The minimum Gasteiger partial charge on any atom is -0.0622 e. The minimum absolute atomic E-state index is 0.850. The summed E-state index contributed by atoms with van der Waals surface area (Å²) in [5, 5.41) is 12.7. The Hall–Kier alpha value is -2.12. The van der Waals surface area contributed by atoms with Crippen LogP contribution < -0.4 is 10.4 Å². The van der Waals surface area contributed by atoms with E-state index in [1.54, 1.807) is 64.9 Å². The molecule has 1 heterocycles. The predicted molar refractivity (Wildman–Crippen MR) is 89.6 cm³/mol. The van der Waals surface area contributed by atoms with Crippen molar-refractivity contribution in [1.29, 1.82) is 0 Å². The molecular formula is C20H10Si. The van der Waals surface area contributed by atoms with Gasteiger partial charge in [-0.15, -0.1) is 0 Å². The first-order chi connectivity index (χ1) is 10.4. The van der Waals surface area contributed by atoms with E-state index in [0.29, 0.717) is 0 Å². The van der Waals surface area contributed by atoms with E-state index >= 15 is 0 Å². The molecule has 0 atom stereocenters. The van der Waals surface area contributed by atoms with Crippen LogP contribution >= 0.6 is 0 Å². The van der Waals surface area contributed by atoms with Gasteiger partial charge in [0.2, 0.25) is 0 Å². The molecule has 0 saturated heterocycles. The largest absolute Gasteiger partial charge is 0.123 e. The number of rotatable bonds is 0. The molecule has 0 spiro atoms. The van der Waals surface area contributed by atoms with E-state index in [1.165, 1.54) is 0 Å². The van der Waals surface area contributed by atoms with Crippen LogP contribution in [0.5, 0.6) is 0 Å². The van der Waals surface area contributed by atoms with Crippen LogP contribution in [0.2, 0.25) is 0 Å². The van der Waals surface area contributed by atoms with Crippen molar-refractivity contribution >= 4 is 52.2 Å². The summed E-state index contributed by atoms with van der Waals surface area (Å²) < 4.78 is 0. The second kappa shape index (κ2) is 2.77. The van der Waals surface area contributed by atoms with Crippen LogP contribution in [0.4, 0.5) is 0 Å². The maximum absolute atomic E-state index is 2.39. The molecule has 0 N–H and O–H groups in total. The molecule has 4 aromatic rings. The lowest BCUT2D eigenvalue weighted by atomic mass is 9.95. The summed E-state index contributed by atoms with van der Waals surface area (Å²) >= 11 is 0. The molecule has 7 rings (SSSR count). The number of benzene rings is 4. The molecule has 94 valence electrons. The zero-order valence-corrected chi connectivity index (χ0v) is 12.4. The standard InChI is InChI=1S/C20H10Si/c1-2-10-8-12-4-6-14-20-18(12)16(10)15-9(1)7-11-3-5-13(21-14)19(20)17(11)15/h1-6H,7-8H2. The fourth-order valence-corrected chi connectivity index (χ4v) is 6.37. The first-order valence-electron chi connectivity index (χ1n) is 7.65. The number of hydrogen-bond donors (Lipinski definition) is 0. The third kappa shape index (κ3) is 0.848. The van der Waals surface area contributed by atoms with Crippen LogP contribution in [-0.2, 0) is 12.8 Å². The molecule has 0 unspecified atom stereocenters. The van der Waals surface area contributed by atoms with Gasteiger partial charge in [0.1, 0.15) is 9.52 Å². The average Bonchev–Trinajstić information content (AvgIpc) is 3.14. The van der Waals surface area contributed by atoms with E-state index in [9.17, 15) is 0 Å². The van der Waals surface area contributed by atoms with Crippen LogP contribution in [0.15, 0.2) is 36.4 Å². The van der Waals surface area contributed by atoms with Crippen molar-refractivity contribution in [2.45, 2.75) is 12.8 Å². The van der Waals surface area contributed by atoms with Crippen molar-refractivity contribution in [2.24, 2.45) is 0 Å². The van der Waals surface area contributed by atoms with Gasteiger partial charge < -0.3 is 0 Å². The van der Waals surface area contributed by atoms with Crippen molar-refractivity contribution in [1.82, 2.24) is 0 Å². The van der Waals surface area contributed by atoms with Crippen LogP contribution in [0, 0.1) is 0 Å². The van der Waals surface area contributed by atoms with Crippen molar-refractivity contribution in [2.75, 3.05) is 0 Å². The maximum atomic E-state index is 2.39. The monoisotopic (exact) mass is 278 g/mol. The highest BCUT2D eigenvalue weighted by Gasteiger charge is 2.31. The minimum atomic E-state index is 0.850. The van der Waals surface area contributed by atoms with Gasteiger partial charge in [-0.1, -0.05) is 36.4 Å². The summed E-state index contributed by atoms with van der Waals surface area (Å²) in [6, 6.07) is 14.3. The van der Waals surface area contributed by atoms with E-state index in [4.69, 9.17) is 0 Å². The fraction of sp³-hybridized carbons (Fsp3) is 0.100. The lowest BCUT2D eigenvalue weighted by Crippen LogP contribution is -2.21. The molecule has 1 aliphatic heterocycles. The van der Waals surface area contributed by atoms with Gasteiger partial charge in [0, 0.05) is 0 Å².